The van der Waals surface area contributed by atoms with E-state index in [1.165, 1.54) is 32.1 Å². The van der Waals surface area contributed by atoms with Gasteiger partial charge in [0, 0.05) is 30.6 Å². The van der Waals surface area contributed by atoms with Crippen molar-refractivity contribution in [2.45, 2.75) is 75.8 Å². The zero-order valence-electron chi connectivity index (χ0n) is 15.0. The summed E-state index contributed by atoms with van der Waals surface area (Å²) in [5.41, 5.74) is 0.634. The molecule has 0 radical (unpaired) electrons. The fourth-order valence-corrected chi connectivity index (χ4v) is 7.63. The van der Waals surface area contributed by atoms with Crippen LogP contribution in [-0.4, -0.2) is 17.5 Å². The van der Waals surface area contributed by atoms with Crippen LogP contribution in [0.25, 0.3) is 0 Å². The molecule has 0 aromatic heterocycles. The first-order chi connectivity index (χ1) is 11.5. The van der Waals surface area contributed by atoms with Crippen molar-refractivity contribution in [2.24, 2.45) is 35.0 Å². The molecule has 1 saturated heterocycles. The van der Waals surface area contributed by atoms with Gasteiger partial charge in [0.15, 0.2) is 0 Å². The molecule has 3 bridgehead atoms. The third kappa shape index (κ3) is 2.14. The van der Waals surface area contributed by atoms with Crippen LogP contribution in [0.15, 0.2) is 0 Å². The van der Waals surface area contributed by atoms with Gasteiger partial charge in [-0.2, -0.15) is 9.78 Å². The van der Waals surface area contributed by atoms with E-state index in [9.17, 15) is 9.90 Å². The molecule has 5 aliphatic carbocycles. The summed E-state index contributed by atoms with van der Waals surface area (Å²) in [6.07, 6.45) is 9.74. The molecule has 0 amide bonds. The van der Waals surface area contributed by atoms with E-state index in [0.29, 0.717) is 17.3 Å². The van der Waals surface area contributed by atoms with Crippen molar-refractivity contribution >= 4 is 5.97 Å². The van der Waals surface area contributed by atoms with Crippen LogP contribution in [0.4, 0.5) is 0 Å². The Morgan fingerprint density at radius 2 is 1.56 bits per heavy atom. The van der Waals surface area contributed by atoms with Crippen LogP contribution in [-0.2, 0) is 19.3 Å². The van der Waals surface area contributed by atoms with Crippen LogP contribution in [0.5, 0.6) is 0 Å². The maximum Gasteiger partial charge on any atom is 1.00 e. The molecular formula is C19H25NaO5. The van der Waals surface area contributed by atoms with Gasteiger partial charge in [0.2, 0.25) is 11.6 Å². The largest absolute Gasteiger partial charge is 1.00 e. The number of fused-ring (bicyclic) bond motifs is 4. The average Bonchev–Trinajstić information content (AvgIpc) is 3.12. The fraction of sp³-hybridized carbons (Fsp3) is 0.947. The number of carboxylic acid groups (broad SMARTS) is 1. The van der Waals surface area contributed by atoms with E-state index in [0.717, 1.165) is 37.5 Å². The predicted molar refractivity (Wildman–Crippen MR) is 79.8 cm³/mol. The fourth-order valence-electron chi connectivity index (χ4n) is 7.63. The minimum absolute atomic E-state index is 0. The van der Waals surface area contributed by atoms with E-state index in [2.05, 4.69) is 0 Å². The van der Waals surface area contributed by atoms with Gasteiger partial charge in [-0.1, -0.05) is 0 Å². The van der Waals surface area contributed by atoms with Gasteiger partial charge in [-0.25, -0.2) is 0 Å². The molecule has 4 atom stereocenters. The molecule has 4 unspecified atom stereocenters. The molecule has 0 aromatic carbocycles. The Morgan fingerprint density at radius 1 is 0.960 bits per heavy atom. The number of hydrogen-bond acceptors (Lipinski definition) is 5. The molecule has 5 saturated carbocycles. The maximum atomic E-state index is 10.8. The first kappa shape index (κ1) is 17.4. The standard InChI is InChI=1S/C19H26O5.Na/c20-16(21)5-11-1-3-18(4-2-11)22-19(24-23-18)14-7-12-6-13-8-15(19)10-17(12,13)9-14;/h11-15H,1-10H2,(H,20,21);/q;+1/p-1. The summed E-state index contributed by atoms with van der Waals surface area (Å²) in [7, 11) is 0. The first-order valence-electron chi connectivity index (χ1n) is 9.80. The van der Waals surface area contributed by atoms with E-state index >= 15 is 0 Å². The first-order valence-corrected chi connectivity index (χ1v) is 9.80. The van der Waals surface area contributed by atoms with E-state index in [1.807, 2.05) is 0 Å². The van der Waals surface area contributed by atoms with Gasteiger partial charge in [0.1, 0.15) is 0 Å². The zero-order valence-corrected chi connectivity index (χ0v) is 17.0. The molecule has 6 fully saturated rings. The van der Waals surface area contributed by atoms with Crippen LogP contribution in [0, 0.1) is 35.0 Å². The van der Waals surface area contributed by atoms with Crippen molar-refractivity contribution in [3.05, 3.63) is 0 Å². The summed E-state index contributed by atoms with van der Waals surface area (Å²) in [4.78, 5) is 22.8. The molecule has 5 nitrogen and oxygen atoms in total. The van der Waals surface area contributed by atoms with Crippen molar-refractivity contribution in [1.29, 1.82) is 0 Å². The van der Waals surface area contributed by atoms with Crippen molar-refractivity contribution in [2.75, 3.05) is 0 Å². The number of ether oxygens (including phenoxy) is 1. The summed E-state index contributed by atoms with van der Waals surface area (Å²) in [6, 6.07) is 0. The Kier molecular flexibility index (Phi) is 3.80. The van der Waals surface area contributed by atoms with Gasteiger partial charge >= 0.3 is 29.6 Å². The summed E-state index contributed by atoms with van der Waals surface area (Å²) in [6.45, 7) is 0. The third-order valence-corrected chi connectivity index (χ3v) is 8.72. The number of carbonyl (C=O) groups is 1. The van der Waals surface area contributed by atoms with Crippen LogP contribution in [0.3, 0.4) is 0 Å². The van der Waals surface area contributed by atoms with Gasteiger partial charge in [-0.3, -0.25) is 0 Å². The molecule has 1 heterocycles. The maximum absolute atomic E-state index is 10.8. The molecule has 132 valence electrons. The van der Waals surface area contributed by atoms with Crippen LogP contribution < -0.4 is 34.7 Å². The molecule has 6 aliphatic rings. The third-order valence-electron chi connectivity index (χ3n) is 8.72. The van der Waals surface area contributed by atoms with Gasteiger partial charge in [0.05, 0.1) is 0 Å². The van der Waals surface area contributed by atoms with Crippen molar-refractivity contribution in [3.63, 3.8) is 0 Å². The van der Waals surface area contributed by atoms with Crippen LogP contribution in [0.2, 0.25) is 0 Å². The van der Waals surface area contributed by atoms with Crippen LogP contribution >= 0.6 is 0 Å². The van der Waals surface area contributed by atoms with E-state index < -0.39 is 17.5 Å². The smallest absolute Gasteiger partial charge is 0.550 e. The molecule has 3 spiro atoms. The number of carbonyl (C=O) groups excluding carboxylic acids is 1. The second kappa shape index (κ2) is 5.45. The molecular weight excluding hydrogens is 331 g/mol. The number of hydrogen-bond donors (Lipinski definition) is 0. The predicted octanol–water partition coefficient (Wildman–Crippen LogP) is -0.852. The van der Waals surface area contributed by atoms with Gasteiger partial charge < -0.3 is 14.6 Å². The Hall–Kier alpha value is 0.350. The number of rotatable bonds is 2. The summed E-state index contributed by atoms with van der Waals surface area (Å²) in [5.74, 6) is 0.902. The second-order valence-electron chi connectivity index (χ2n) is 9.56. The molecule has 0 aromatic rings. The minimum atomic E-state index is -0.948. The van der Waals surface area contributed by atoms with Gasteiger partial charge in [0.25, 0.3) is 0 Å². The second-order valence-corrected chi connectivity index (χ2v) is 9.56. The van der Waals surface area contributed by atoms with Crippen molar-refractivity contribution < 1.29 is 54.0 Å². The Balaban J connectivity index is 0.00000140. The van der Waals surface area contributed by atoms with Gasteiger partial charge in [-0.05, 0) is 74.5 Å². The summed E-state index contributed by atoms with van der Waals surface area (Å²) >= 11 is 0. The SMILES string of the molecule is O=C([O-])CC1CCC2(CC1)OOC1(O2)C2CC3CC4CC1CC34C2.[Na+]. The molecule has 25 heavy (non-hydrogen) atoms. The summed E-state index contributed by atoms with van der Waals surface area (Å²) < 4.78 is 6.69. The van der Waals surface area contributed by atoms with E-state index in [-0.39, 0.29) is 41.9 Å². The average molecular weight is 356 g/mol. The molecule has 0 N–H and O–H groups in total. The Labute approximate surface area is 170 Å². The minimum Gasteiger partial charge on any atom is -0.550 e. The zero-order chi connectivity index (χ0) is 16.2. The normalized spacial score (nSPS) is 57.5. The molecule has 6 rings (SSSR count). The molecule has 6 heteroatoms. The molecule has 1 aliphatic heterocycles. The number of carboxylic acids is 1. The van der Waals surface area contributed by atoms with Crippen LogP contribution in [0.1, 0.15) is 64.2 Å². The Morgan fingerprint density at radius 3 is 2.16 bits per heavy atom. The van der Waals surface area contributed by atoms with E-state index in [4.69, 9.17) is 14.5 Å². The van der Waals surface area contributed by atoms with E-state index in [1.54, 1.807) is 0 Å². The van der Waals surface area contributed by atoms with Crippen molar-refractivity contribution in [1.82, 2.24) is 0 Å². The number of aliphatic carboxylic acids is 1. The van der Waals surface area contributed by atoms with Gasteiger partial charge in [-0.15, -0.1) is 0 Å². The Bertz CT molecular complexity index is 575. The summed E-state index contributed by atoms with van der Waals surface area (Å²) in [5, 5.41) is 10.8. The quantitative estimate of drug-likeness (QED) is 0.476. The topological polar surface area (TPSA) is 67.8 Å². The van der Waals surface area contributed by atoms with Crippen molar-refractivity contribution in [3.8, 4) is 0 Å². The monoisotopic (exact) mass is 356 g/mol.